The lowest BCUT2D eigenvalue weighted by molar-refractivity contribution is -0.757. The molecule has 0 aliphatic rings. The fourth-order valence-electron chi connectivity index (χ4n) is 2.58. The number of carbonyl (C=O) groups excluding carboxylic acids is 2. The molecular formula is C20H36N2O7S. The van der Waals surface area contributed by atoms with E-state index in [9.17, 15) is 29.6 Å². The molecule has 0 heterocycles. The molecule has 0 radical (unpaired) electrons. The lowest BCUT2D eigenvalue weighted by atomic mass is 10.00. The first kappa shape index (κ1) is 28.2. The number of carboxylic acids is 1. The van der Waals surface area contributed by atoms with Gasteiger partial charge in [-0.3, -0.25) is 9.59 Å². The molecule has 1 amide bonds. The second-order valence-corrected chi connectivity index (χ2v) is 9.29. The Labute approximate surface area is 182 Å². The van der Waals surface area contributed by atoms with Crippen molar-refractivity contribution in [2.75, 3.05) is 12.4 Å². The molecule has 2 N–H and O–H groups in total. The molecule has 0 aliphatic carbocycles. The van der Waals surface area contributed by atoms with Gasteiger partial charge in [-0.25, -0.2) is 4.79 Å². The quantitative estimate of drug-likeness (QED) is 0.194. The van der Waals surface area contributed by atoms with Gasteiger partial charge in [0.05, 0.1) is 6.61 Å². The van der Waals surface area contributed by atoms with E-state index in [4.69, 9.17) is 0 Å². The summed E-state index contributed by atoms with van der Waals surface area (Å²) < 4.78 is 0. The molecule has 1 unspecified atom stereocenters. The van der Waals surface area contributed by atoms with Gasteiger partial charge in [-0.2, -0.15) is 0 Å². The van der Waals surface area contributed by atoms with Crippen LogP contribution in [-0.4, -0.2) is 45.6 Å². The summed E-state index contributed by atoms with van der Waals surface area (Å²) in [6.45, 7) is 5.46. The summed E-state index contributed by atoms with van der Waals surface area (Å²) in [5, 5.41) is 20.9. The lowest BCUT2D eigenvalue weighted by Crippen LogP contribution is -2.43. The van der Waals surface area contributed by atoms with E-state index in [0.717, 1.165) is 56.7 Å². The second kappa shape index (κ2) is 15.9. The van der Waals surface area contributed by atoms with Gasteiger partial charge < -0.3 is 15.3 Å². The van der Waals surface area contributed by atoms with Gasteiger partial charge in [0.25, 0.3) is 5.09 Å². The van der Waals surface area contributed by atoms with Crippen molar-refractivity contribution >= 4 is 28.8 Å². The number of aliphatic carboxylic acids is 1. The smallest absolute Gasteiger partial charge is 0.327 e. The lowest BCUT2D eigenvalue weighted by Gasteiger charge is -2.18. The fourth-order valence-corrected chi connectivity index (χ4v) is 3.56. The Balaban J connectivity index is 3.76. The minimum Gasteiger partial charge on any atom is -0.480 e. The Bertz CT molecular complexity index is 550. The monoisotopic (exact) mass is 448 g/mol. The molecule has 0 saturated heterocycles. The molecule has 0 fully saturated rings. The molecule has 30 heavy (non-hydrogen) atoms. The Hall–Kier alpha value is -1.84. The third-order valence-electron chi connectivity index (χ3n) is 4.37. The number of nitrogens with zero attached hydrogens (tertiary/aromatic N) is 1. The largest absolute Gasteiger partial charge is 0.480 e. The van der Waals surface area contributed by atoms with Crippen molar-refractivity contribution in [3.8, 4) is 0 Å². The fraction of sp³-hybridized carbons (Fsp3) is 0.850. The number of amides is 1. The minimum atomic E-state index is -1.14. The highest BCUT2D eigenvalue weighted by atomic mass is 32.2. The van der Waals surface area contributed by atoms with Crippen LogP contribution < -0.4 is 5.32 Å². The van der Waals surface area contributed by atoms with Crippen LogP contribution in [0.15, 0.2) is 0 Å². The van der Waals surface area contributed by atoms with Crippen LogP contribution in [0.25, 0.3) is 0 Å². The Kier molecular flexibility index (Phi) is 15.0. The summed E-state index contributed by atoms with van der Waals surface area (Å²) in [6, 6.07) is -1.07. The molecule has 0 aromatic heterocycles. The van der Waals surface area contributed by atoms with Crippen molar-refractivity contribution in [3.05, 3.63) is 10.1 Å². The van der Waals surface area contributed by atoms with Crippen LogP contribution in [0, 0.1) is 15.5 Å². The zero-order chi connectivity index (χ0) is 23.0. The third kappa shape index (κ3) is 16.0. The molecule has 0 spiro atoms. The number of unbranched alkanes of at least 4 members (excludes halogenated alkanes) is 8. The zero-order valence-corrected chi connectivity index (χ0v) is 19.1. The molecule has 0 aromatic carbocycles. The van der Waals surface area contributed by atoms with Gasteiger partial charge in [-0.15, -0.1) is 10.1 Å². The van der Waals surface area contributed by atoms with E-state index >= 15 is 0 Å². The van der Waals surface area contributed by atoms with Crippen LogP contribution in [0.2, 0.25) is 0 Å². The molecule has 10 heteroatoms. The van der Waals surface area contributed by atoms with Gasteiger partial charge in [0, 0.05) is 17.6 Å². The van der Waals surface area contributed by atoms with Crippen molar-refractivity contribution in [3.63, 3.8) is 0 Å². The van der Waals surface area contributed by atoms with Crippen molar-refractivity contribution < 1.29 is 29.4 Å². The predicted molar refractivity (Wildman–Crippen MR) is 116 cm³/mol. The number of carbonyl (C=O) groups is 3. The van der Waals surface area contributed by atoms with Crippen LogP contribution in [0.3, 0.4) is 0 Å². The number of hydrogen-bond acceptors (Lipinski definition) is 7. The average molecular weight is 449 g/mol. The van der Waals surface area contributed by atoms with E-state index in [1.807, 2.05) is 0 Å². The standard InChI is InChI=1S/C20H36N2O7S/c1-20(2,3)19(26)30-15-16(18(24)25)21-17(23)13-11-9-7-5-4-6-8-10-12-14-29-22(27)28/h16H,4-15H2,1-3H3,(H,21,23)(H,24,25). The van der Waals surface area contributed by atoms with Crippen LogP contribution in [0.5, 0.6) is 0 Å². The Morgan fingerprint density at radius 3 is 1.97 bits per heavy atom. The number of hydrogen-bond donors (Lipinski definition) is 2. The first-order valence-electron chi connectivity index (χ1n) is 10.5. The minimum absolute atomic E-state index is 0.0232. The molecule has 9 nitrogen and oxygen atoms in total. The first-order valence-corrected chi connectivity index (χ1v) is 11.5. The van der Waals surface area contributed by atoms with E-state index in [2.05, 4.69) is 10.2 Å². The summed E-state index contributed by atoms with van der Waals surface area (Å²) in [5.41, 5.74) is -0.552. The molecule has 0 rings (SSSR count). The molecular weight excluding hydrogens is 412 g/mol. The Morgan fingerprint density at radius 2 is 1.50 bits per heavy atom. The summed E-state index contributed by atoms with van der Waals surface area (Å²) in [5.74, 6) is -1.42. The highest BCUT2D eigenvalue weighted by Crippen LogP contribution is 2.23. The summed E-state index contributed by atoms with van der Waals surface area (Å²) in [4.78, 5) is 49.4. The van der Waals surface area contributed by atoms with Gasteiger partial charge in [0.1, 0.15) is 6.04 Å². The van der Waals surface area contributed by atoms with Crippen LogP contribution in [0.4, 0.5) is 0 Å². The molecule has 0 aliphatic heterocycles. The molecule has 1 atom stereocenters. The first-order chi connectivity index (χ1) is 14.0. The summed E-state index contributed by atoms with van der Waals surface area (Å²) in [6.07, 6.45) is 8.74. The number of rotatable bonds is 17. The van der Waals surface area contributed by atoms with Crippen LogP contribution in [0.1, 0.15) is 85.0 Å². The van der Waals surface area contributed by atoms with E-state index in [1.54, 1.807) is 20.8 Å². The number of carboxylic acid groups (broad SMARTS) is 1. The maximum Gasteiger partial charge on any atom is 0.327 e. The van der Waals surface area contributed by atoms with Crippen LogP contribution in [-0.2, 0) is 19.2 Å². The van der Waals surface area contributed by atoms with Crippen molar-refractivity contribution in [1.82, 2.24) is 5.32 Å². The maximum absolute atomic E-state index is 12.0. The van der Waals surface area contributed by atoms with Gasteiger partial charge in [-0.05, 0) is 12.8 Å². The Morgan fingerprint density at radius 1 is 1.00 bits per heavy atom. The molecule has 0 saturated carbocycles. The van der Waals surface area contributed by atoms with E-state index in [0.29, 0.717) is 12.8 Å². The van der Waals surface area contributed by atoms with Gasteiger partial charge in [-0.1, -0.05) is 77.5 Å². The van der Waals surface area contributed by atoms with Gasteiger partial charge >= 0.3 is 5.97 Å². The second-order valence-electron chi connectivity index (χ2n) is 8.30. The number of thioether (sulfide) groups is 1. The third-order valence-corrected chi connectivity index (χ3v) is 5.75. The highest BCUT2D eigenvalue weighted by molar-refractivity contribution is 8.13. The number of nitrogens with one attached hydrogen (secondary N) is 1. The summed E-state index contributed by atoms with van der Waals surface area (Å²) in [7, 11) is 0. The maximum atomic E-state index is 12.0. The SMILES string of the molecule is CC(C)(C)C(=O)SCC(NC(=O)CCCCCCCCCCCO[N+](=O)[O-])C(=O)O. The van der Waals surface area contributed by atoms with Crippen molar-refractivity contribution in [1.29, 1.82) is 0 Å². The zero-order valence-electron chi connectivity index (χ0n) is 18.3. The molecule has 0 bridgehead atoms. The van der Waals surface area contributed by atoms with Crippen LogP contribution >= 0.6 is 11.8 Å². The topological polar surface area (TPSA) is 136 Å². The van der Waals surface area contributed by atoms with Gasteiger partial charge in [0.15, 0.2) is 5.12 Å². The molecule has 0 aromatic rings. The predicted octanol–water partition coefficient (Wildman–Crippen LogP) is 3.97. The van der Waals surface area contributed by atoms with E-state index in [-0.39, 0.29) is 29.8 Å². The average Bonchev–Trinajstić information content (AvgIpc) is 2.64. The molecule has 174 valence electrons. The van der Waals surface area contributed by atoms with Crippen molar-refractivity contribution in [2.45, 2.75) is 91.0 Å². The van der Waals surface area contributed by atoms with Gasteiger partial charge in [0.2, 0.25) is 5.91 Å². The highest BCUT2D eigenvalue weighted by Gasteiger charge is 2.26. The van der Waals surface area contributed by atoms with E-state index in [1.165, 1.54) is 0 Å². The van der Waals surface area contributed by atoms with Crippen molar-refractivity contribution in [2.24, 2.45) is 5.41 Å². The summed E-state index contributed by atoms with van der Waals surface area (Å²) >= 11 is 0.937. The normalized spacial score (nSPS) is 12.2. The van der Waals surface area contributed by atoms with E-state index < -0.39 is 22.5 Å².